The van der Waals surface area contributed by atoms with Crippen LogP contribution in [0.15, 0.2) is 54.6 Å². The van der Waals surface area contributed by atoms with Crippen molar-refractivity contribution in [2.75, 3.05) is 19.6 Å². The second-order valence-corrected chi connectivity index (χ2v) is 8.32. The second-order valence-electron chi connectivity index (χ2n) is 8.32. The molecule has 1 heteroatoms. The Labute approximate surface area is 159 Å². The molecule has 1 saturated heterocycles. The molecule has 0 amide bonds. The minimum Gasteiger partial charge on any atom is -0.303 e. The Morgan fingerprint density at radius 2 is 1.65 bits per heavy atom. The Morgan fingerprint density at radius 1 is 0.808 bits per heavy atom. The van der Waals surface area contributed by atoms with Gasteiger partial charge in [0.15, 0.2) is 0 Å². The van der Waals surface area contributed by atoms with Gasteiger partial charge >= 0.3 is 0 Å². The fraction of sp³-hybridized carbons (Fsp3) is 0.520. The van der Waals surface area contributed by atoms with Gasteiger partial charge in [0.2, 0.25) is 0 Å². The van der Waals surface area contributed by atoms with Gasteiger partial charge in [-0.1, -0.05) is 54.6 Å². The summed E-state index contributed by atoms with van der Waals surface area (Å²) >= 11 is 0. The monoisotopic (exact) mass is 347 g/mol. The summed E-state index contributed by atoms with van der Waals surface area (Å²) in [5.74, 6) is 1.72. The van der Waals surface area contributed by atoms with Gasteiger partial charge in [0.25, 0.3) is 0 Å². The van der Waals surface area contributed by atoms with E-state index < -0.39 is 0 Å². The highest BCUT2D eigenvalue weighted by atomic mass is 15.1. The number of hydrogen-bond donors (Lipinski definition) is 0. The smallest absolute Gasteiger partial charge is 0.00156 e. The second kappa shape index (κ2) is 8.86. The van der Waals surface area contributed by atoms with E-state index in [1.807, 2.05) is 0 Å². The topological polar surface area (TPSA) is 3.24 Å². The molecular weight excluding hydrogens is 314 g/mol. The van der Waals surface area contributed by atoms with Gasteiger partial charge in [-0.25, -0.2) is 0 Å². The van der Waals surface area contributed by atoms with E-state index in [-0.39, 0.29) is 0 Å². The standard InChI is InChI=1S/C25H33N/c1-2-9-21(10-3-1)11-7-18-26-19-8-14-23(17-20-26)25-16-6-13-22-12-4-5-15-24(22)25/h1-5,9-10,12,15,23,25H,6-8,11,13-14,16-20H2/t23-,25?/m0/s1. The van der Waals surface area contributed by atoms with Crippen molar-refractivity contribution in [1.29, 1.82) is 0 Å². The lowest BCUT2D eigenvalue weighted by Gasteiger charge is -2.32. The molecule has 2 aliphatic rings. The van der Waals surface area contributed by atoms with Gasteiger partial charge in [-0.3, -0.25) is 0 Å². The molecule has 2 aromatic carbocycles. The number of nitrogens with zero attached hydrogens (tertiary/aromatic N) is 1. The highest BCUT2D eigenvalue weighted by molar-refractivity contribution is 5.33. The molecule has 2 aromatic rings. The number of rotatable bonds is 5. The van der Waals surface area contributed by atoms with Crippen molar-refractivity contribution in [3.05, 3.63) is 71.3 Å². The third-order valence-electron chi connectivity index (χ3n) is 6.63. The van der Waals surface area contributed by atoms with Gasteiger partial charge in [-0.2, -0.15) is 0 Å². The number of benzene rings is 2. The lowest BCUT2D eigenvalue weighted by atomic mass is 9.73. The van der Waals surface area contributed by atoms with Crippen molar-refractivity contribution < 1.29 is 0 Å². The SMILES string of the molecule is c1ccc(CCCN2CCC[C@H](C3CCCc4ccccc43)CC2)cc1. The van der Waals surface area contributed by atoms with E-state index in [0.29, 0.717) is 0 Å². The van der Waals surface area contributed by atoms with E-state index in [1.165, 1.54) is 76.6 Å². The molecule has 4 rings (SSSR count). The summed E-state index contributed by atoms with van der Waals surface area (Å²) < 4.78 is 0. The van der Waals surface area contributed by atoms with Gasteiger partial charge < -0.3 is 4.90 Å². The molecule has 1 unspecified atom stereocenters. The zero-order valence-corrected chi connectivity index (χ0v) is 16.1. The van der Waals surface area contributed by atoms with Crippen LogP contribution < -0.4 is 0 Å². The zero-order valence-electron chi connectivity index (χ0n) is 16.1. The molecule has 0 aromatic heterocycles. The minimum absolute atomic E-state index is 0.823. The number of likely N-dealkylation sites (tertiary alicyclic amines) is 1. The van der Waals surface area contributed by atoms with Crippen molar-refractivity contribution in [3.63, 3.8) is 0 Å². The summed E-state index contributed by atoms with van der Waals surface area (Å²) in [7, 11) is 0. The van der Waals surface area contributed by atoms with Crippen LogP contribution in [0.2, 0.25) is 0 Å². The van der Waals surface area contributed by atoms with E-state index in [9.17, 15) is 0 Å². The van der Waals surface area contributed by atoms with E-state index in [0.717, 1.165) is 11.8 Å². The van der Waals surface area contributed by atoms with Crippen LogP contribution in [0.3, 0.4) is 0 Å². The Morgan fingerprint density at radius 3 is 2.58 bits per heavy atom. The first-order chi connectivity index (χ1) is 12.9. The quantitative estimate of drug-likeness (QED) is 0.656. The number of fused-ring (bicyclic) bond motifs is 1. The van der Waals surface area contributed by atoms with Crippen molar-refractivity contribution >= 4 is 0 Å². The maximum absolute atomic E-state index is 2.73. The van der Waals surface area contributed by atoms with Crippen molar-refractivity contribution in [1.82, 2.24) is 4.90 Å². The van der Waals surface area contributed by atoms with Gasteiger partial charge in [0, 0.05) is 0 Å². The summed E-state index contributed by atoms with van der Waals surface area (Å²) in [6, 6.07) is 20.2. The summed E-state index contributed by atoms with van der Waals surface area (Å²) in [5, 5.41) is 0. The molecule has 2 atom stereocenters. The third kappa shape index (κ3) is 4.38. The fourth-order valence-electron chi connectivity index (χ4n) is 5.24. The normalized spacial score (nSPS) is 24.0. The molecule has 1 heterocycles. The predicted octanol–water partition coefficient (Wildman–Crippen LogP) is 5.84. The maximum atomic E-state index is 2.73. The van der Waals surface area contributed by atoms with Crippen molar-refractivity contribution in [3.8, 4) is 0 Å². The molecule has 1 fully saturated rings. The van der Waals surface area contributed by atoms with Crippen LogP contribution in [0.4, 0.5) is 0 Å². The Balaban J connectivity index is 1.30. The molecule has 26 heavy (non-hydrogen) atoms. The van der Waals surface area contributed by atoms with Crippen LogP contribution in [0.25, 0.3) is 0 Å². The predicted molar refractivity (Wildman–Crippen MR) is 111 cm³/mol. The maximum Gasteiger partial charge on any atom is -0.00156 e. The summed E-state index contributed by atoms with van der Waals surface area (Å²) in [6.45, 7) is 3.88. The molecule has 0 saturated carbocycles. The van der Waals surface area contributed by atoms with E-state index >= 15 is 0 Å². The van der Waals surface area contributed by atoms with Gasteiger partial charge in [0.05, 0.1) is 0 Å². The molecule has 138 valence electrons. The zero-order chi connectivity index (χ0) is 17.6. The van der Waals surface area contributed by atoms with Crippen LogP contribution in [0, 0.1) is 5.92 Å². The molecular formula is C25H33N. The van der Waals surface area contributed by atoms with Crippen LogP contribution >= 0.6 is 0 Å². The van der Waals surface area contributed by atoms with Crippen LogP contribution in [0.5, 0.6) is 0 Å². The van der Waals surface area contributed by atoms with Crippen molar-refractivity contribution in [2.45, 2.75) is 57.3 Å². The highest BCUT2D eigenvalue weighted by Gasteiger charge is 2.29. The van der Waals surface area contributed by atoms with Crippen LogP contribution in [0.1, 0.15) is 61.1 Å². The van der Waals surface area contributed by atoms with Gasteiger partial charge in [-0.05, 0) is 99.5 Å². The van der Waals surface area contributed by atoms with E-state index in [4.69, 9.17) is 0 Å². The summed E-state index contributed by atoms with van der Waals surface area (Å²) in [4.78, 5) is 2.73. The number of hydrogen-bond acceptors (Lipinski definition) is 1. The lowest BCUT2D eigenvalue weighted by Crippen LogP contribution is -2.27. The molecule has 0 spiro atoms. The molecule has 0 radical (unpaired) electrons. The van der Waals surface area contributed by atoms with Crippen LogP contribution in [-0.2, 0) is 12.8 Å². The number of aryl methyl sites for hydroxylation is 2. The molecule has 0 bridgehead atoms. The highest BCUT2D eigenvalue weighted by Crippen LogP contribution is 2.41. The molecule has 1 aliphatic heterocycles. The van der Waals surface area contributed by atoms with Crippen LogP contribution in [-0.4, -0.2) is 24.5 Å². The van der Waals surface area contributed by atoms with E-state index in [1.54, 1.807) is 11.1 Å². The Hall–Kier alpha value is -1.60. The summed E-state index contributed by atoms with van der Waals surface area (Å²) in [5.41, 5.74) is 4.80. The van der Waals surface area contributed by atoms with Gasteiger partial charge in [0.1, 0.15) is 0 Å². The first-order valence-corrected chi connectivity index (χ1v) is 10.7. The Kier molecular flexibility index (Phi) is 6.07. The first kappa shape index (κ1) is 17.8. The van der Waals surface area contributed by atoms with Gasteiger partial charge in [-0.15, -0.1) is 0 Å². The first-order valence-electron chi connectivity index (χ1n) is 10.7. The summed E-state index contributed by atoms with van der Waals surface area (Å²) in [6.07, 6.45) is 10.8. The van der Waals surface area contributed by atoms with E-state index in [2.05, 4.69) is 59.5 Å². The average Bonchev–Trinajstić information content (AvgIpc) is 2.94. The molecule has 1 aliphatic carbocycles. The largest absolute Gasteiger partial charge is 0.303 e. The average molecular weight is 348 g/mol. The van der Waals surface area contributed by atoms with Crippen molar-refractivity contribution in [2.24, 2.45) is 5.92 Å². The molecule has 1 nitrogen and oxygen atoms in total. The lowest BCUT2D eigenvalue weighted by molar-refractivity contribution is 0.270. The Bertz CT molecular complexity index is 678. The third-order valence-corrected chi connectivity index (χ3v) is 6.63. The fourth-order valence-corrected chi connectivity index (χ4v) is 5.24. The molecule has 0 N–H and O–H groups in total. The minimum atomic E-state index is 0.823.